The van der Waals surface area contributed by atoms with Crippen LogP contribution in [0.4, 0.5) is 5.82 Å². The first kappa shape index (κ1) is 17.2. The van der Waals surface area contributed by atoms with Crippen molar-refractivity contribution in [3.05, 3.63) is 23.9 Å². The molecule has 0 spiro atoms. The highest BCUT2D eigenvalue weighted by Crippen LogP contribution is 2.13. The number of carbonyl (C=O) groups is 2. The van der Waals surface area contributed by atoms with Crippen LogP contribution in [0.25, 0.3) is 0 Å². The second-order valence-electron chi connectivity index (χ2n) is 5.49. The van der Waals surface area contributed by atoms with E-state index in [9.17, 15) is 9.59 Å². The van der Waals surface area contributed by atoms with Crippen LogP contribution in [-0.2, 0) is 14.3 Å². The molecule has 0 radical (unpaired) electrons. The molecule has 1 aliphatic heterocycles. The fourth-order valence-corrected chi connectivity index (χ4v) is 2.26. The number of carboxylic acids is 1. The molecule has 2 heterocycles. The zero-order chi connectivity index (χ0) is 16.8. The minimum Gasteiger partial charge on any atom is -0.480 e. The number of carboxylic acid groups (broad SMARTS) is 1. The Bertz CT molecular complexity index is 547. The topological polar surface area (TPSA) is 101 Å². The molecule has 0 aromatic carbocycles. The van der Waals surface area contributed by atoms with Crippen molar-refractivity contribution in [2.75, 3.05) is 38.8 Å². The summed E-state index contributed by atoms with van der Waals surface area (Å²) < 4.78 is 10.6. The van der Waals surface area contributed by atoms with Crippen LogP contribution in [0.1, 0.15) is 16.8 Å². The summed E-state index contributed by atoms with van der Waals surface area (Å²) in [5.74, 6) is -0.557. The minimum atomic E-state index is -1.05. The van der Waals surface area contributed by atoms with Gasteiger partial charge in [0.15, 0.2) is 0 Å². The number of nitrogens with zero attached hydrogens (tertiary/aromatic N) is 2. The molecule has 1 fully saturated rings. The van der Waals surface area contributed by atoms with E-state index in [4.69, 9.17) is 14.6 Å². The van der Waals surface area contributed by atoms with E-state index >= 15 is 0 Å². The van der Waals surface area contributed by atoms with Crippen molar-refractivity contribution in [1.82, 2.24) is 10.3 Å². The molecule has 2 rings (SSSR count). The first-order valence-electron chi connectivity index (χ1n) is 7.32. The highest BCUT2D eigenvalue weighted by Gasteiger charge is 2.28. The molecule has 2 atom stereocenters. The van der Waals surface area contributed by atoms with Gasteiger partial charge in [0.05, 0.1) is 18.2 Å². The van der Waals surface area contributed by atoms with E-state index in [-0.39, 0.29) is 18.6 Å². The predicted molar refractivity (Wildman–Crippen MR) is 82.6 cm³/mol. The zero-order valence-electron chi connectivity index (χ0n) is 13.2. The summed E-state index contributed by atoms with van der Waals surface area (Å²) in [5, 5.41) is 11.6. The van der Waals surface area contributed by atoms with Crippen LogP contribution in [0.5, 0.6) is 0 Å². The summed E-state index contributed by atoms with van der Waals surface area (Å²) in [7, 11) is 3.74. The van der Waals surface area contributed by atoms with Crippen LogP contribution in [-0.4, -0.2) is 68.0 Å². The van der Waals surface area contributed by atoms with Crippen molar-refractivity contribution in [2.24, 2.45) is 0 Å². The summed E-state index contributed by atoms with van der Waals surface area (Å²) in [6.45, 7) is 0.339. The quantitative estimate of drug-likeness (QED) is 0.767. The molecule has 1 aromatic rings. The van der Waals surface area contributed by atoms with Crippen LogP contribution >= 0.6 is 0 Å². The Kier molecular flexibility index (Phi) is 5.89. The molecule has 0 aliphatic carbocycles. The predicted octanol–water partition coefficient (Wildman–Crippen LogP) is 0.136. The maximum atomic E-state index is 12.3. The molecule has 1 aromatic heterocycles. The SMILES string of the molecule is CN(C)c1ccc(C(=O)N[C@@H]2CCOC[C@H]2OCC(=O)O)cn1. The maximum Gasteiger partial charge on any atom is 0.329 e. The van der Waals surface area contributed by atoms with Crippen molar-refractivity contribution in [3.8, 4) is 0 Å². The van der Waals surface area contributed by atoms with Gasteiger partial charge in [-0.2, -0.15) is 0 Å². The third-order valence-corrected chi connectivity index (χ3v) is 3.51. The number of amides is 1. The van der Waals surface area contributed by atoms with Gasteiger partial charge in [0, 0.05) is 26.9 Å². The van der Waals surface area contributed by atoms with E-state index in [0.29, 0.717) is 18.6 Å². The fourth-order valence-electron chi connectivity index (χ4n) is 2.26. The Morgan fingerprint density at radius 3 is 2.87 bits per heavy atom. The lowest BCUT2D eigenvalue weighted by Gasteiger charge is -2.31. The maximum absolute atomic E-state index is 12.3. The third-order valence-electron chi connectivity index (χ3n) is 3.51. The first-order chi connectivity index (χ1) is 11.0. The summed E-state index contributed by atoms with van der Waals surface area (Å²) in [5.41, 5.74) is 0.444. The van der Waals surface area contributed by atoms with Crippen LogP contribution in [0.3, 0.4) is 0 Å². The number of ether oxygens (including phenoxy) is 2. The van der Waals surface area contributed by atoms with E-state index in [0.717, 1.165) is 5.82 Å². The third kappa shape index (κ3) is 4.90. The molecular weight excluding hydrogens is 302 g/mol. The monoisotopic (exact) mass is 323 g/mol. The molecular formula is C15H21N3O5. The molecule has 2 N–H and O–H groups in total. The van der Waals surface area contributed by atoms with Crippen molar-refractivity contribution in [2.45, 2.75) is 18.6 Å². The molecule has 0 bridgehead atoms. The van der Waals surface area contributed by atoms with Crippen molar-refractivity contribution in [1.29, 1.82) is 0 Å². The van der Waals surface area contributed by atoms with Crippen LogP contribution in [0.15, 0.2) is 18.3 Å². The number of aromatic nitrogens is 1. The lowest BCUT2D eigenvalue weighted by molar-refractivity contribution is -0.148. The van der Waals surface area contributed by atoms with Crippen molar-refractivity contribution in [3.63, 3.8) is 0 Å². The van der Waals surface area contributed by atoms with Gasteiger partial charge >= 0.3 is 5.97 Å². The molecule has 1 aliphatic rings. The summed E-state index contributed by atoms with van der Waals surface area (Å²) in [4.78, 5) is 29.0. The molecule has 126 valence electrons. The Labute approximate surface area is 134 Å². The molecule has 8 nitrogen and oxygen atoms in total. The largest absolute Gasteiger partial charge is 0.480 e. The Hall–Kier alpha value is -2.19. The molecule has 0 unspecified atom stereocenters. The Morgan fingerprint density at radius 1 is 1.48 bits per heavy atom. The Balaban J connectivity index is 1.97. The smallest absolute Gasteiger partial charge is 0.329 e. The normalized spacial score (nSPS) is 20.8. The van der Waals surface area contributed by atoms with Gasteiger partial charge in [0.1, 0.15) is 18.5 Å². The zero-order valence-corrected chi connectivity index (χ0v) is 13.2. The van der Waals surface area contributed by atoms with Gasteiger partial charge < -0.3 is 24.8 Å². The van der Waals surface area contributed by atoms with E-state index in [1.807, 2.05) is 19.0 Å². The van der Waals surface area contributed by atoms with Crippen molar-refractivity contribution >= 4 is 17.7 Å². The second-order valence-corrected chi connectivity index (χ2v) is 5.49. The van der Waals surface area contributed by atoms with E-state index in [1.165, 1.54) is 6.20 Å². The summed E-state index contributed by atoms with van der Waals surface area (Å²) >= 11 is 0. The highest BCUT2D eigenvalue weighted by molar-refractivity contribution is 5.94. The lowest BCUT2D eigenvalue weighted by Crippen LogP contribution is -2.50. The molecule has 1 saturated heterocycles. The highest BCUT2D eigenvalue weighted by atomic mass is 16.5. The molecule has 8 heteroatoms. The average molecular weight is 323 g/mol. The number of carbonyl (C=O) groups excluding carboxylic acids is 1. The number of rotatable bonds is 6. The Morgan fingerprint density at radius 2 is 2.26 bits per heavy atom. The van der Waals surface area contributed by atoms with Gasteiger partial charge in [0.2, 0.25) is 0 Å². The molecule has 23 heavy (non-hydrogen) atoms. The van der Waals surface area contributed by atoms with Crippen LogP contribution in [0, 0.1) is 0 Å². The number of hydrogen-bond acceptors (Lipinski definition) is 6. The van der Waals surface area contributed by atoms with Crippen molar-refractivity contribution < 1.29 is 24.2 Å². The van der Waals surface area contributed by atoms with Crippen LogP contribution in [0.2, 0.25) is 0 Å². The first-order valence-corrected chi connectivity index (χ1v) is 7.32. The van der Waals surface area contributed by atoms with E-state index in [1.54, 1.807) is 12.1 Å². The minimum absolute atomic E-state index is 0.260. The summed E-state index contributed by atoms with van der Waals surface area (Å²) in [6, 6.07) is 3.17. The lowest BCUT2D eigenvalue weighted by atomic mass is 10.1. The molecule has 0 saturated carbocycles. The number of hydrogen-bond donors (Lipinski definition) is 2. The van der Waals surface area contributed by atoms with Gasteiger partial charge in [-0.3, -0.25) is 4.79 Å². The van der Waals surface area contributed by atoms with Gasteiger partial charge in [-0.1, -0.05) is 0 Å². The number of aliphatic carboxylic acids is 1. The standard InChI is InChI=1S/C15H21N3O5/c1-18(2)13-4-3-10(7-16-13)15(21)17-11-5-6-22-8-12(11)23-9-14(19)20/h3-4,7,11-12H,5-6,8-9H2,1-2H3,(H,17,21)(H,19,20)/t11-,12-/m1/s1. The van der Waals surface area contributed by atoms with Gasteiger partial charge in [-0.15, -0.1) is 0 Å². The van der Waals surface area contributed by atoms with E-state index in [2.05, 4.69) is 10.3 Å². The van der Waals surface area contributed by atoms with Gasteiger partial charge in [0.25, 0.3) is 5.91 Å². The fraction of sp³-hybridized carbons (Fsp3) is 0.533. The van der Waals surface area contributed by atoms with Gasteiger partial charge in [-0.05, 0) is 18.6 Å². The number of pyridine rings is 1. The number of anilines is 1. The average Bonchev–Trinajstić information content (AvgIpc) is 2.54. The summed E-state index contributed by atoms with van der Waals surface area (Å²) in [6.07, 6.45) is 1.61. The molecule has 1 amide bonds. The second kappa shape index (κ2) is 7.89. The van der Waals surface area contributed by atoms with Crippen LogP contribution < -0.4 is 10.2 Å². The van der Waals surface area contributed by atoms with E-state index < -0.39 is 18.7 Å². The van der Waals surface area contributed by atoms with Gasteiger partial charge in [-0.25, -0.2) is 9.78 Å². The number of nitrogens with one attached hydrogen (secondary N) is 1.